The van der Waals surface area contributed by atoms with Crippen LogP contribution in [-0.2, 0) is 38.8 Å². The zero-order valence-corrected chi connectivity index (χ0v) is 39.9. The summed E-state index contributed by atoms with van der Waals surface area (Å²) in [6.07, 6.45) is 15.8. The van der Waals surface area contributed by atoms with Crippen molar-refractivity contribution in [1.82, 2.24) is 9.13 Å². The normalized spacial score (nSPS) is 16.6. The number of fused-ring (bicyclic) bond motifs is 10. The van der Waals surface area contributed by atoms with Gasteiger partial charge in [-0.25, -0.2) is 0 Å². The van der Waals surface area contributed by atoms with E-state index in [1.807, 2.05) is 48.5 Å². The maximum atomic E-state index is 13.8. The average Bonchev–Trinajstić information content (AvgIpc) is 4.02. The van der Waals surface area contributed by atoms with Crippen molar-refractivity contribution in [2.45, 2.75) is 130 Å². The molecule has 68 heavy (non-hydrogen) atoms. The predicted octanol–water partition coefficient (Wildman–Crippen LogP) is 13.1. The molecular formula is C60H64N2O6. The van der Waals surface area contributed by atoms with Gasteiger partial charge in [-0.15, -0.1) is 0 Å². The van der Waals surface area contributed by atoms with Crippen molar-refractivity contribution in [3.05, 3.63) is 153 Å². The lowest BCUT2D eigenvalue weighted by atomic mass is 9.86. The van der Waals surface area contributed by atoms with E-state index in [-0.39, 0.29) is 35.0 Å². The first-order valence-corrected chi connectivity index (χ1v) is 25.5. The molecule has 6 aromatic rings. The number of rotatable bonds is 21. The lowest BCUT2D eigenvalue weighted by molar-refractivity contribution is 0.0937. The third-order valence-corrected chi connectivity index (χ3v) is 14.9. The van der Waals surface area contributed by atoms with Crippen molar-refractivity contribution in [2.75, 3.05) is 13.2 Å². The van der Waals surface area contributed by atoms with Gasteiger partial charge in [0, 0.05) is 59.6 Å². The fraction of sp³-hybridized carbons (Fsp3) is 0.400. The standard InChI is InChI=1S/C60H64N2O6/c1-39-33-49-53(51(63)35-39)55-57(61(49)29-27-41-19-13-11-14-20-41)47-37-43(23-25-45(47)59(55)65)67-31-17-9-7-5-3-4-6-8-10-18-32-68-44-24-26-46-48(38-44)58-56(60(46)66)54-50(34-40(2)36-52(54)64)62(58)30-28-42-21-15-12-16-22-42/h11-16,19-26,37-40H,3-10,17-18,27-36H2,1-2H3. The Morgan fingerprint density at radius 1 is 0.441 bits per heavy atom. The van der Waals surface area contributed by atoms with Gasteiger partial charge in [-0.2, -0.15) is 0 Å². The van der Waals surface area contributed by atoms with Crippen LogP contribution in [-0.4, -0.2) is 45.5 Å². The second kappa shape index (κ2) is 20.1. The van der Waals surface area contributed by atoms with Gasteiger partial charge < -0.3 is 18.6 Å². The Hall–Kier alpha value is -6.28. The molecule has 0 N–H and O–H groups in total. The summed E-state index contributed by atoms with van der Waals surface area (Å²) in [6, 6.07) is 32.5. The maximum Gasteiger partial charge on any atom is 0.196 e. The fourth-order valence-electron chi connectivity index (χ4n) is 11.6. The highest BCUT2D eigenvalue weighted by Crippen LogP contribution is 2.47. The third kappa shape index (κ3) is 9.06. The van der Waals surface area contributed by atoms with Crippen LogP contribution in [0.5, 0.6) is 11.5 Å². The molecule has 2 atom stereocenters. The smallest absolute Gasteiger partial charge is 0.196 e. The van der Waals surface area contributed by atoms with Crippen LogP contribution in [0.15, 0.2) is 97.1 Å². The van der Waals surface area contributed by atoms with Crippen LogP contribution >= 0.6 is 0 Å². The molecule has 4 aliphatic rings. The second-order valence-corrected chi connectivity index (χ2v) is 20.0. The largest absolute Gasteiger partial charge is 0.494 e. The molecule has 10 rings (SSSR count). The van der Waals surface area contributed by atoms with Crippen LogP contribution in [0.1, 0.15) is 166 Å². The minimum absolute atomic E-state index is 0.0335. The third-order valence-electron chi connectivity index (χ3n) is 14.9. The van der Waals surface area contributed by atoms with Crippen LogP contribution in [0.4, 0.5) is 0 Å². The Labute approximate surface area is 401 Å². The molecule has 8 heteroatoms. The van der Waals surface area contributed by atoms with Crippen LogP contribution in [0.3, 0.4) is 0 Å². The van der Waals surface area contributed by atoms with Crippen molar-refractivity contribution in [3.8, 4) is 34.0 Å². The number of aromatic nitrogens is 2. The Morgan fingerprint density at radius 3 is 1.22 bits per heavy atom. The summed E-state index contributed by atoms with van der Waals surface area (Å²) in [4.78, 5) is 54.5. The van der Waals surface area contributed by atoms with Crippen LogP contribution in [0, 0.1) is 11.8 Å². The average molecular weight is 909 g/mol. The predicted molar refractivity (Wildman–Crippen MR) is 268 cm³/mol. The summed E-state index contributed by atoms with van der Waals surface area (Å²) in [5, 5.41) is 0. The van der Waals surface area contributed by atoms with Gasteiger partial charge in [-0.05, 0) is 97.9 Å². The van der Waals surface area contributed by atoms with Gasteiger partial charge in [-0.3, -0.25) is 19.2 Å². The van der Waals surface area contributed by atoms with E-state index >= 15 is 0 Å². The topological polar surface area (TPSA) is 96.6 Å². The Balaban J connectivity index is 0.648. The Kier molecular flexibility index (Phi) is 13.5. The molecule has 0 spiro atoms. The van der Waals surface area contributed by atoms with Crippen molar-refractivity contribution in [1.29, 1.82) is 0 Å². The van der Waals surface area contributed by atoms with E-state index in [4.69, 9.17) is 9.47 Å². The molecule has 0 saturated carbocycles. The molecular weight excluding hydrogens is 845 g/mol. The maximum absolute atomic E-state index is 13.8. The first kappa shape index (κ1) is 45.5. The molecule has 8 nitrogen and oxygen atoms in total. The van der Waals surface area contributed by atoms with Gasteiger partial charge in [0.25, 0.3) is 0 Å². The summed E-state index contributed by atoms with van der Waals surface area (Å²) in [6.45, 7) is 6.97. The van der Waals surface area contributed by atoms with Crippen molar-refractivity contribution in [2.24, 2.45) is 11.8 Å². The highest BCUT2D eigenvalue weighted by Gasteiger charge is 2.42. The summed E-state index contributed by atoms with van der Waals surface area (Å²) >= 11 is 0. The molecule has 350 valence electrons. The van der Waals surface area contributed by atoms with Gasteiger partial charge in [0.15, 0.2) is 23.1 Å². The van der Waals surface area contributed by atoms with E-state index in [9.17, 15) is 19.2 Å². The van der Waals surface area contributed by atoms with Gasteiger partial charge in [0.1, 0.15) is 11.5 Å². The number of carbonyl (C=O) groups excluding carboxylic acids is 4. The monoisotopic (exact) mass is 908 g/mol. The summed E-state index contributed by atoms with van der Waals surface area (Å²) in [5.41, 5.74) is 12.0. The van der Waals surface area contributed by atoms with Crippen molar-refractivity contribution < 1.29 is 28.7 Å². The van der Waals surface area contributed by atoms with E-state index in [2.05, 4.69) is 71.5 Å². The number of hydrogen-bond donors (Lipinski definition) is 0. The van der Waals surface area contributed by atoms with E-state index in [0.717, 1.165) is 110 Å². The Bertz CT molecular complexity index is 2670. The van der Waals surface area contributed by atoms with Crippen molar-refractivity contribution in [3.63, 3.8) is 0 Å². The number of ketones is 4. The number of aryl methyl sites for hydroxylation is 2. The molecule has 4 aliphatic carbocycles. The highest BCUT2D eigenvalue weighted by atomic mass is 16.5. The molecule has 2 unspecified atom stereocenters. The molecule has 4 aromatic carbocycles. The van der Waals surface area contributed by atoms with E-state index in [1.165, 1.54) is 49.7 Å². The Morgan fingerprint density at radius 2 is 0.824 bits per heavy atom. The number of hydrogen-bond acceptors (Lipinski definition) is 6. The first-order chi connectivity index (χ1) is 33.2. The fourth-order valence-corrected chi connectivity index (χ4v) is 11.6. The summed E-state index contributed by atoms with van der Waals surface area (Å²) in [7, 11) is 0. The molecule has 0 amide bonds. The molecule has 0 fully saturated rings. The molecule has 0 saturated heterocycles. The highest BCUT2D eigenvalue weighted by molar-refractivity contribution is 6.27. The van der Waals surface area contributed by atoms with E-state index in [1.54, 1.807) is 0 Å². The van der Waals surface area contributed by atoms with Crippen LogP contribution in [0.2, 0.25) is 0 Å². The lowest BCUT2D eigenvalue weighted by Crippen LogP contribution is -2.21. The quantitative estimate of drug-likeness (QED) is 0.0666. The van der Waals surface area contributed by atoms with Crippen LogP contribution < -0.4 is 9.47 Å². The molecule has 0 aliphatic heterocycles. The van der Waals surface area contributed by atoms with Gasteiger partial charge in [-0.1, -0.05) is 126 Å². The van der Waals surface area contributed by atoms with Gasteiger partial charge in [0.2, 0.25) is 0 Å². The van der Waals surface area contributed by atoms with Gasteiger partial charge in [0.05, 0.1) is 46.9 Å². The number of benzene rings is 4. The minimum Gasteiger partial charge on any atom is -0.494 e. The van der Waals surface area contributed by atoms with E-state index < -0.39 is 0 Å². The zero-order chi connectivity index (χ0) is 46.7. The second-order valence-electron chi connectivity index (χ2n) is 20.0. The number of nitrogens with zero attached hydrogens (tertiary/aromatic N) is 2. The molecule has 0 bridgehead atoms. The molecule has 0 radical (unpaired) electrons. The van der Waals surface area contributed by atoms with Crippen LogP contribution in [0.25, 0.3) is 22.5 Å². The lowest BCUT2D eigenvalue weighted by Gasteiger charge is -2.22. The zero-order valence-electron chi connectivity index (χ0n) is 39.9. The minimum atomic E-state index is -0.0335. The number of Topliss-reactive ketones (excluding diaryl/α,β-unsaturated/α-hetero) is 2. The SMILES string of the molecule is CC1CC(=O)c2c3c(n(CCc4ccccc4)c2C1)-c1cc(OCCCCCCCCCCCCOc2ccc4c(c2)-c2c(c5c(n2CCc2ccccc2)CC(C)CC5=O)C4=O)ccc1C3=O. The molecule has 2 heterocycles. The van der Waals surface area contributed by atoms with Crippen molar-refractivity contribution >= 4 is 23.1 Å². The number of ether oxygens (including phenoxy) is 2. The number of carbonyl (C=O) groups is 4. The summed E-state index contributed by atoms with van der Waals surface area (Å²) in [5.74, 6) is 2.19. The molecule has 2 aromatic heterocycles. The first-order valence-electron chi connectivity index (χ1n) is 25.5. The van der Waals surface area contributed by atoms with E-state index in [0.29, 0.717) is 59.4 Å². The van der Waals surface area contributed by atoms with Gasteiger partial charge >= 0.3 is 0 Å². The number of unbranched alkanes of at least 4 members (excludes halogenated alkanes) is 9. The summed E-state index contributed by atoms with van der Waals surface area (Å²) < 4.78 is 17.1.